The number of methoxy groups -OCH3 is 1. The van der Waals surface area contributed by atoms with Gasteiger partial charge in [-0.1, -0.05) is 41.9 Å². The van der Waals surface area contributed by atoms with Crippen LogP contribution in [0.25, 0.3) is 33.7 Å². The van der Waals surface area contributed by atoms with Gasteiger partial charge in [-0.25, -0.2) is 4.98 Å². The van der Waals surface area contributed by atoms with Gasteiger partial charge in [0.1, 0.15) is 6.10 Å². The first-order chi connectivity index (χ1) is 24.0. The zero-order valence-electron chi connectivity index (χ0n) is 26.7. The van der Waals surface area contributed by atoms with Crippen molar-refractivity contribution >= 4 is 22.7 Å². The Labute approximate surface area is 288 Å². The number of benzene rings is 2. The van der Waals surface area contributed by atoms with E-state index in [0.717, 1.165) is 46.0 Å². The maximum absolute atomic E-state index is 13.2. The van der Waals surface area contributed by atoms with Crippen molar-refractivity contribution in [3.05, 3.63) is 86.8 Å². The van der Waals surface area contributed by atoms with Gasteiger partial charge < -0.3 is 33.4 Å². The highest BCUT2D eigenvalue weighted by Crippen LogP contribution is 2.44. The first-order valence-electron chi connectivity index (χ1n) is 16.0. The van der Waals surface area contributed by atoms with E-state index in [1.807, 2.05) is 36.4 Å². The first-order valence-corrected chi connectivity index (χ1v) is 16.3. The summed E-state index contributed by atoms with van der Waals surface area (Å²) in [6, 6.07) is 14.7. The number of hydrogen-bond donors (Lipinski definition) is 2. The Balaban J connectivity index is 1.19. The van der Waals surface area contributed by atoms with Crippen LogP contribution in [-0.2, 0) is 19.5 Å². The minimum absolute atomic E-state index is 0.170. The van der Waals surface area contributed by atoms with Crippen LogP contribution in [0.3, 0.4) is 0 Å². The zero-order chi connectivity index (χ0) is 35.2. The van der Waals surface area contributed by atoms with Crippen molar-refractivity contribution in [3.8, 4) is 40.1 Å². The molecule has 2 atom stereocenters. The number of aliphatic hydroxyl groups excluding tert-OH is 2. The molecule has 5 aromatic rings. The van der Waals surface area contributed by atoms with Gasteiger partial charge in [-0.05, 0) is 48.1 Å². The van der Waals surface area contributed by atoms with E-state index in [2.05, 4.69) is 19.6 Å². The average Bonchev–Trinajstić information content (AvgIpc) is 3.82. The smallest absolute Gasteiger partial charge is 0.481 e. The van der Waals surface area contributed by atoms with Gasteiger partial charge in [0.05, 0.1) is 36.6 Å². The van der Waals surface area contributed by atoms with Gasteiger partial charge in [0.15, 0.2) is 11.3 Å². The molecule has 1 saturated heterocycles. The molecule has 2 aromatic carbocycles. The lowest BCUT2D eigenvalue weighted by molar-refractivity contribution is -0.274. The molecule has 0 bridgehead atoms. The number of aromatic nitrogens is 3. The van der Waals surface area contributed by atoms with Crippen molar-refractivity contribution in [2.45, 2.75) is 50.9 Å². The van der Waals surface area contributed by atoms with Crippen molar-refractivity contribution in [1.82, 2.24) is 19.4 Å². The Kier molecular flexibility index (Phi) is 9.20. The number of nitrogens with zero attached hydrogens (tertiary/aromatic N) is 4. The van der Waals surface area contributed by atoms with Crippen molar-refractivity contribution in [2.75, 3.05) is 26.8 Å². The predicted octanol–water partition coefficient (Wildman–Crippen LogP) is 5.90. The minimum atomic E-state index is -5.07. The van der Waals surface area contributed by atoms with Gasteiger partial charge in [-0.3, -0.25) is 9.69 Å². The number of halogens is 4. The molecule has 2 aliphatic rings. The third-order valence-corrected chi connectivity index (χ3v) is 9.31. The Hall–Kier alpha value is -4.63. The number of oxazole rings is 1. The van der Waals surface area contributed by atoms with Gasteiger partial charge in [-0.2, -0.15) is 4.98 Å². The summed E-state index contributed by atoms with van der Waals surface area (Å²) in [5, 5.41) is 19.4. The predicted molar refractivity (Wildman–Crippen MR) is 176 cm³/mol. The van der Waals surface area contributed by atoms with Crippen LogP contribution in [0.2, 0.25) is 5.02 Å². The monoisotopic (exact) mass is 712 g/mol. The lowest BCUT2D eigenvalue weighted by Gasteiger charge is -2.19. The third kappa shape index (κ3) is 6.63. The van der Waals surface area contributed by atoms with Crippen molar-refractivity contribution in [2.24, 2.45) is 0 Å². The number of β-amino-alcohol motifs (C(OH)–C–C–N with tert-alkyl or cyclic N) is 1. The van der Waals surface area contributed by atoms with Crippen LogP contribution in [0.5, 0.6) is 17.5 Å². The van der Waals surface area contributed by atoms with Gasteiger partial charge in [0.2, 0.25) is 23.2 Å². The summed E-state index contributed by atoms with van der Waals surface area (Å²) in [4.78, 5) is 24.0. The molecule has 0 spiro atoms. The molecule has 50 heavy (non-hydrogen) atoms. The molecule has 11 nitrogen and oxygen atoms in total. The Morgan fingerprint density at radius 2 is 1.84 bits per heavy atom. The van der Waals surface area contributed by atoms with Crippen LogP contribution >= 0.6 is 11.6 Å². The van der Waals surface area contributed by atoms with E-state index in [1.54, 1.807) is 19.2 Å². The number of aliphatic hydroxyl groups is 2. The number of likely N-dealkylation sites (tertiary alicyclic amines) is 1. The fourth-order valence-corrected chi connectivity index (χ4v) is 6.98. The highest BCUT2D eigenvalue weighted by molar-refractivity contribution is 6.36. The van der Waals surface area contributed by atoms with Gasteiger partial charge in [0, 0.05) is 43.4 Å². The van der Waals surface area contributed by atoms with E-state index < -0.39 is 35.4 Å². The molecule has 262 valence electrons. The second-order valence-electron chi connectivity index (χ2n) is 12.1. The third-order valence-electron chi connectivity index (χ3n) is 8.90. The van der Waals surface area contributed by atoms with E-state index in [0.29, 0.717) is 43.3 Å². The second kappa shape index (κ2) is 13.6. The molecule has 15 heteroatoms. The standard InChI is InChI=1S/C35H32ClF3N4O7/c1-47-32-19(16-42-13-12-20(45)17-42)8-11-28(40-32)48-26-10-9-22-21(4-2-5-23(22)26)24-6-3-7-25(29(24)36)33-41-30-31(49-33)27(50-35(37,38)39)18-43(14-15-44)34(30)46/h2-8,11,18,20,26,44-45H,9-10,12-17H2,1H3/t20-,26+/m1/s1. The summed E-state index contributed by atoms with van der Waals surface area (Å²) in [5.41, 5.74) is 2.94. The summed E-state index contributed by atoms with van der Waals surface area (Å²) in [6.07, 6.45) is -2.78. The highest BCUT2D eigenvalue weighted by Gasteiger charge is 2.34. The fourth-order valence-electron chi connectivity index (χ4n) is 6.67. The molecular formula is C35H32ClF3N4O7. The molecule has 4 heterocycles. The summed E-state index contributed by atoms with van der Waals surface area (Å²) >= 11 is 6.96. The van der Waals surface area contributed by atoms with Crippen molar-refractivity contribution < 1.29 is 42.0 Å². The summed E-state index contributed by atoms with van der Waals surface area (Å²) in [7, 11) is 1.56. The Morgan fingerprint density at radius 3 is 2.58 bits per heavy atom. The topological polar surface area (TPSA) is 132 Å². The molecular weight excluding hydrogens is 681 g/mol. The van der Waals surface area contributed by atoms with E-state index in [9.17, 15) is 28.2 Å². The molecule has 1 fully saturated rings. The molecule has 7 rings (SSSR count). The number of ether oxygens (including phenoxy) is 3. The number of pyridine rings is 2. The van der Waals surface area contributed by atoms with Crippen LogP contribution < -0.4 is 19.8 Å². The molecule has 0 unspecified atom stereocenters. The normalized spacial score (nSPS) is 17.7. The van der Waals surface area contributed by atoms with E-state index >= 15 is 0 Å². The molecule has 1 aliphatic carbocycles. The lowest BCUT2D eigenvalue weighted by Crippen LogP contribution is -2.24. The van der Waals surface area contributed by atoms with Crippen molar-refractivity contribution in [3.63, 3.8) is 0 Å². The van der Waals surface area contributed by atoms with Crippen LogP contribution in [0, 0.1) is 0 Å². The number of hydrogen-bond acceptors (Lipinski definition) is 10. The minimum Gasteiger partial charge on any atom is -0.481 e. The average molecular weight is 713 g/mol. The molecule has 0 saturated carbocycles. The maximum Gasteiger partial charge on any atom is 0.573 e. The number of rotatable bonds is 10. The van der Waals surface area contributed by atoms with E-state index in [4.69, 9.17) is 25.5 Å². The van der Waals surface area contributed by atoms with E-state index in [-0.39, 0.29) is 35.2 Å². The SMILES string of the molecule is COc1nc(O[C@H]2CCc3c(-c4cccc(-c5nc6c(=O)n(CCO)cc(OC(F)(F)F)c6o5)c4Cl)cccc32)ccc1CN1CC[C@@H](O)C1. The van der Waals surface area contributed by atoms with Crippen LogP contribution in [0.4, 0.5) is 13.2 Å². The van der Waals surface area contributed by atoms with Gasteiger partial charge in [-0.15, -0.1) is 13.2 Å². The Bertz CT molecular complexity index is 2120. The van der Waals surface area contributed by atoms with Crippen LogP contribution in [-0.4, -0.2) is 68.9 Å². The summed E-state index contributed by atoms with van der Waals surface area (Å²) in [5.74, 6) is -0.0659. The summed E-state index contributed by atoms with van der Waals surface area (Å²) in [6.45, 7) is 1.25. The van der Waals surface area contributed by atoms with Crippen LogP contribution in [0.1, 0.15) is 35.6 Å². The van der Waals surface area contributed by atoms with Crippen LogP contribution in [0.15, 0.2) is 63.9 Å². The molecule has 2 N–H and O–H groups in total. The van der Waals surface area contributed by atoms with Gasteiger partial charge in [0.25, 0.3) is 5.56 Å². The Morgan fingerprint density at radius 1 is 1.06 bits per heavy atom. The number of alkyl halides is 3. The molecule has 1 aliphatic heterocycles. The second-order valence-corrected chi connectivity index (χ2v) is 12.5. The number of fused-ring (bicyclic) bond motifs is 2. The molecule has 0 amide bonds. The van der Waals surface area contributed by atoms with Gasteiger partial charge >= 0.3 is 6.36 Å². The zero-order valence-corrected chi connectivity index (χ0v) is 27.5. The molecule has 3 aromatic heterocycles. The lowest BCUT2D eigenvalue weighted by atomic mass is 9.95. The summed E-state index contributed by atoms with van der Waals surface area (Å²) < 4.78 is 62.4. The van der Waals surface area contributed by atoms with Crippen molar-refractivity contribution in [1.29, 1.82) is 0 Å². The highest BCUT2D eigenvalue weighted by atomic mass is 35.5. The first kappa shape index (κ1) is 33.8. The largest absolute Gasteiger partial charge is 0.573 e. The molecule has 0 radical (unpaired) electrons. The quantitative estimate of drug-likeness (QED) is 0.180. The fraction of sp³-hybridized carbons (Fsp3) is 0.343. The van der Waals surface area contributed by atoms with E-state index in [1.165, 1.54) is 0 Å². The maximum atomic E-state index is 13.2.